The largest absolute Gasteiger partial charge is 0.493 e. The van der Waals surface area contributed by atoms with Crippen molar-refractivity contribution in [2.75, 3.05) is 23.9 Å². The van der Waals surface area contributed by atoms with Crippen LogP contribution >= 0.6 is 0 Å². The van der Waals surface area contributed by atoms with E-state index in [-0.39, 0.29) is 24.2 Å². The van der Waals surface area contributed by atoms with Crippen molar-refractivity contribution in [3.63, 3.8) is 0 Å². The van der Waals surface area contributed by atoms with Crippen LogP contribution in [0, 0.1) is 5.82 Å². The monoisotopic (exact) mass is 372 g/mol. The third-order valence-electron chi connectivity index (χ3n) is 4.17. The van der Waals surface area contributed by atoms with Gasteiger partial charge in [-0.1, -0.05) is 12.1 Å². The Morgan fingerprint density at radius 3 is 2.52 bits per heavy atom. The van der Waals surface area contributed by atoms with Crippen molar-refractivity contribution in [3.8, 4) is 11.5 Å². The van der Waals surface area contributed by atoms with E-state index in [4.69, 9.17) is 9.47 Å². The van der Waals surface area contributed by atoms with Crippen LogP contribution in [0.4, 0.5) is 15.8 Å². The van der Waals surface area contributed by atoms with Gasteiger partial charge < -0.3 is 19.7 Å². The summed E-state index contributed by atoms with van der Waals surface area (Å²) in [6.45, 7) is 1.18. The number of nitrogens with zero attached hydrogens (tertiary/aromatic N) is 1. The minimum atomic E-state index is -0.501. The predicted molar refractivity (Wildman–Crippen MR) is 99.7 cm³/mol. The van der Waals surface area contributed by atoms with E-state index in [1.54, 1.807) is 29.2 Å². The first-order chi connectivity index (χ1) is 13.0. The number of hydrogen-bond donors (Lipinski definition) is 1. The minimum absolute atomic E-state index is 0.0912. The lowest BCUT2D eigenvalue weighted by molar-refractivity contribution is -0.118. The number of amides is 2. The molecular formula is C20H21FN2O4. The van der Waals surface area contributed by atoms with E-state index >= 15 is 0 Å². The lowest BCUT2D eigenvalue weighted by Gasteiger charge is -2.24. The Morgan fingerprint density at radius 2 is 1.89 bits per heavy atom. The lowest BCUT2D eigenvalue weighted by atomic mass is 10.2. The van der Waals surface area contributed by atoms with Gasteiger partial charge in [-0.2, -0.15) is 0 Å². The number of methoxy groups -OCH3 is 1. The third kappa shape index (κ3) is 4.55. The Morgan fingerprint density at radius 1 is 1.19 bits per heavy atom. The van der Waals surface area contributed by atoms with Crippen LogP contribution in [0.25, 0.3) is 0 Å². The first-order valence-corrected chi connectivity index (χ1v) is 8.64. The van der Waals surface area contributed by atoms with Crippen molar-refractivity contribution in [1.29, 1.82) is 0 Å². The highest BCUT2D eigenvalue weighted by Gasteiger charge is 2.33. The maximum absolute atomic E-state index is 13.7. The Hall–Kier alpha value is -3.09. The Labute approximate surface area is 156 Å². The van der Waals surface area contributed by atoms with Gasteiger partial charge in [0.05, 0.1) is 18.5 Å². The molecule has 2 aromatic carbocycles. The summed E-state index contributed by atoms with van der Waals surface area (Å²) in [5.41, 5.74) is 0.725. The Kier molecular flexibility index (Phi) is 5.59. The molecule has 1 N–H and O–H groups in total. The maximum atomic E-state index is 13.7. The van der Waals surface area contributed by atoms with Gasteiger partial charge in [-0.3, -0.25) is 9.59 Å². The topological polar surface area (TPSA) is 67.9 Å². The zero-order valence-electron chi connectivity index (χ0n) is 15.2. The van der Waals surface area contributed by atoms with Crippen LogP contribution < -0.4 is 19.7 Å². The number of halogens is 1. The van der Waals surface area contributed by atoms with Crippen LogP contribution in [0.5, 0.6) is 11.5 Å². The van der Waals surface area contributed by atoms with Crippen LogP contribution in [0.1, 0.15) is 19.8 Å². The van der Waals surface area contributed by atoms with Crippen LogP contribution in [-0.2, 0) is 9.59 Å². The highest BCUT2D eigenvalue weighted by atomic mass is 19.1. The molecule has 2 amide bonds. The molecule has 0 aromatic heterocycles. The minimum Gasteiger partial charge on any atom is -0.493 e. The molecule has 142 valence electrons. The SMILES string of the molecule is COc1ccccc1OCC(=O)Nc1cc(F)ccc1N(C(C)=O)C1CC1. The smallest absolute Gasteiger partial charge is 0.262 e. The quantitative estimate of drug-likeness (QED) is 0.809. The van der Waals surface area contributed by atoms with Gasteiger partial charge in [0.2, 0.25) is 5.91 Å². The first kappa shape index (κ1) is 18.7. The summed E-state index contributed by atoms with van der Waals surface area (Å²) in [5, 5.41) is 2.64. The van der Waals surface area contributed by atoms with Crippen LogP contribution in [0.3, 0.4) is 0 Å². The molecule has 7 heteroatoms. The van der Waals surface area contributed by atoms with Crippen molar-refractivity contribution < 1.29 is 23.5 Å². The van der Waals surface area contributed by atoms with Crippen molar-refractivity contribution >= 4 is 23.2 Å². The molecule has 1 saturated carbocycles. The summed E-state index contributed by atoms with van der Waals surface area (Å²) in [6, 6.07) is 11.0. The summed E-state index contributed by atoms with van der Waals surface area (Å²) >= 11 is 0. The second kappa shape index (κ2) is 8.07. The number of benzene rings is 2. The van der Waals surface area contributed by atoms with Gasteiger partial charge >= 0.3 is 0 Å². The molecule has 6 nitrogen and oxygen atoms in total. The molecule has 0 spiro atoms. The van der Waals surface area contributed by atoms with Crippen LogP contribution in [-0.4, -0.2) is 31.6 Å². The molecule has 0 saturated heterocycles. The second-order valence-electron chi connectivity index (χ2n) is 6.27. The number of para-hydroxylation sites is 2. The van der Waals surface area contributed by atoms with Gasteiger partial charge in [0.15, 0.2) is 18.1 Å². The maximum Gasteiger partial charge on any atom is 0.262 e. The highest BCUT2D eigenvalue weighted by Crippen LogP contribution is 2.36. The van der Waals surface area contributed by atoms with E-state index in [1.165, 1.54) is 32.2 Å². The fourth-order valence-electron chi connectivity index (χ4n) is 2.84. The molecule has 0 radical (unpaired) electrons. The molecule has 1 fully saturated rings. The number of ether oxygens (including phenoxy) is 2. The van der Waals surface area contributed by atoms with E-state index in [0.717, 1.165) is 12.8 Å². The summed E-state index contributed by atoms with van der Waals surface area (Å²) in [4.78, 5) is 25.9. The fourth-order valence-corrected chi connectivity index (χ4v) is 2.84. The highest BCUT2D eigenvalue weighted by molar-refractivity contribution is 6.01. The number of anilines is 2. The van der Waals surface area contributed by atoms with Gasteiger partial charge in [-0.15, -0.1) is 0 Å². The fraction of sp³-hybridized carbons (Fsp3) is 0.300. The summed E-state index contributed by atoms with van der Waals surface area (Å²) in [5.74, 6) is -0.179. The van der Waals surface area contributed by atoms with Crippen molar-refractivity contribution in [2.24, 2.45) is 0 Å². The number of hydrogen-bond acceptors (Lipinski definition) is 4. The molecule has 0 bridgehead atoms. The van der Waals surface area contributed by atoms with Gasteiger partial charge in [-0.05, 0) is 43.2 Å². The number of carbonyl (C=O) groups is 2. The molecule has 0 heterocycles. The van der Waals surface area contributed by atoms with Crippen molar-refractivity contribution in [1.82, 2.24) is 0 Å². The molecule has 0 atom stereocenters. The molecule has 1 aliphatic rings. The van der Waals surface area contributed by atoms with Crippen molar-refractivity contribution in [2.45, 2.75) is 25.8 Å². The average molecular weight is 372 g/mol. The Balaban J connectivity index is 1.73. The van der Waals surface area contributed by atoms with E-state index in [2.05, 4.69) is 5.32 Å². The first-order valence-electron chi connectivity index (χ1n) is 8.64. The normalized spacial score (nSPS) is 13.0. The lowest BCUT2D eigenvalue weighted by Crippen LogP contribution is -2.32. The van der Waals surface area contributed by atoms with Crippen molar-refractivity contribution in [3.05, 3.63) is 48.3 Å². The van der Waals surface area contributed by atoms with Crippen LogP contribution in [0.15, 0.2) is 42.5 Å². The molecule has 3 rings (SSSR count). The molecule has 0 aliphatic heterocycles. The van der Waals surface area contributed by atoms with E-state index in [0.29, 0.717) is 17.2 Å². The standard InChI is InChI=1S/C20H21FN2O4/c1-13(24)23(15-8-9-15)17-10-7-14(21)11-16(17)22-20(25)12-27-19-6-4-3-5-18(19)26-2/h3-7,10-11,15H,8-9,12H2,1-2H3,(H,22,25). The van der Waals surface area contributed by atoms with E-state index in [1.807, 2.05) is 0 Å². The second-order valence-corrected chi connectivity index (χ2v) is 6.27. The molecule has 1 aliphatic carbocycles. The summed E-state index contributed by atoms with van der Waals surface area (Å²) in [6.07, 6.45) is 1.78. The van der Waals surface area contributed by atoms with Gasteiger partial charge in [0.25, 0.3) is 5.91 Å². The number of rotatable bonds is 7. The number of nitrogens with one attached hydrogen (secondary N) is 1. The van der Waals surface area contributed by atoms with Gasteiger partial charge in [-0.25, -0.2) is 4.39 Å². The Bertz CT molecular complexity index is 852. The van der Waals surface area contributed by atoms with Gasteiger partial charge in [0.1, 0.15) is 5.82 Å². The zero-order valence-corrected chi connectivity index (χ0v) is 15.2. The molecule has 27 heavy (non-hydrogen) atoms. The van der Waals surface area contributed by atoms with Crippen LogP contribution in [0.2, 0.25) is 0 Å². The molecule has 2 aromatic rings. The van der Waals surface area contributed by atoms with E-state index < -0.39 is 11.7 Å². The molecule has 0 unspecified atom stereocenters. The average Bonchev–Trinajstić information content (AvgIpc) is 3.47. The predicted octanol–water partition coefficient (Wildman–Crippen LogP) is 3.37. The zero-order chi connectivity index (χ0) is 19.4. The van der Waals surface area contributed by atoms with E-state index in [9.17, 15) is 14.0 Å². The van der Waals surface area contributed by atoms with Gasteiger partial charge in [0, 0.05) is 13.0 Å². The molecular weight excluding hydrogens is 351 g/mol. The summed E-state index contributed by atoms with van der Waals surface area (Å²) < 4.78 is 24.4. The third-order valence-corrected chi connectivity index (χ3v) is 4.17. The summed E-state index contributed by atoms with van der Waals surface area (Å²) in [7, 11) is 1.51. The number of carbonyl (C=O) groups excluding carboxylic acids is 2.